The maximum Gasteiger partial charge on any atom is 0.417 e. The van der Waals surface area contributed by atoms with Gasteiger partial charge in [-0.2, -0.15) is 18.3 Å². The lowest BCUT2D eigenvalue weighted by Gasteiger charge is -2.25. The van der Waals surface area contributed by atoms with Gasteiger partial charge in [0.1, 0.15) is 5.75 Å². The number of fused-ring (bicyclic) bond motifs is 1. The van der Waals surface area contributed by atoms with Gasteiger partial charge in [0.15, 0.2) is 0 Å². The van der Waals surface area contributed by atoms with Crippen molar-refractivity contribution in [1.29, 1.82) is 0 Å². The first-order valence-electron chi connectivity index (χ1n) is 9.57. The van der Waals surface area contributed by atoms with Crippen LogP contribution in [-0.2, 0) is 12.6 Å². The number of ether oxygens (including phenoxy) is 1. The molecule has 1 aliphatic rings. The molecule has 30 heavy (non-hydrogen) atoms. The van der Waals surface area contributed by atoms with Crippen molar-refractivity contribution in [3.05, 3.63) is 77.1 Å². The van der Waals surface area contributed by atoms with Gasteiger partial charge in [0.05, 0.1) is 36.2 Å². The number of amides is 1. The largest absolute Gasteiger partial charge is 0.497 e. The van der Waals surface area contributed by atoms with Crippen molar-refractivity contribution in [3.8, 4) is 11.4 Å². The minimum atomic E-state index is -4.59. The highest BCUT2D eigenvalue weighted by Gasteiger charge is 2.35. The number of halogens is 3. The first kappa shape index (κ1) is 20.0. The van der Waals surface area contributed by atoms with E-state index >= 15 is 0 Å². The number of hydrogen-bond acceptors (Lipinski definition) is 3. The molecule has 1 aromatic heterocycles. The fourth-order valence-electron chi connectivity index (χ4n) is 3.82. The van der Waals surface area contributed by atoms with E-state index in [4.69, 9.17) is 4.74 Å². The number of carbonyl (C=O) groups is 1. The van der Waals surface area contributed by atoms with Gasteiger partial charge < -0.3 is 10.1 Å². The molecule has 2 aromatic carbocycles. The fraction of sp³-hybridized carbons (Fsp3) is 0.273. The molecule has 0 radical (unpaired) electrons. The number of hydrogen-bond donors (Lipinski definition) is 1. The van der Waals surface area contributed by atoms with Crippen LogP contribution in [0.3, 0.4) is 0 Å². The van der Waals surface area contributed by atoms with E-state index in [0.717, 1.165) is 41.6 Å². The van der Waals surface area contributed by atoms with Crippen LogP contribution in [0.15, 0.2) is 54.7 Å². The van der Waals surface area contributed by atoms with Gasteiger partial charge in [0.25, 0.3) is 5.91 Å². The lowest BCUT2D eigenvalue weighted by molar-refractivity contribution is -0.137. The summed E-state index contributed by atoms with van der Waals surface area (Å²) in [4.78, 5) is 12.7. The zero-order chi connectivity index (χ0) is 21.3. The molecule has 1 unspecified atom stereocenters. The van der Waals surface area contributed by atoms with E-state index in [1.807, 2.05) is 24.3 Å². The fourth-order valence-corrected chi connectivity index (χ4v) is 3.82. The third-order valence-electron chi connectivity index (χ3n) is 5.28. The van der Waals surface area contributed by atoms with Crippen LogP contribution in [-0.4, -0.2) is 22.8 Å². The van der Waals surface area contributed by atoms with Gasteiger partial charge in [-0.3, -0.25) is 4.79 Å². The Morgan fingerprint density at radius 2 is 1.90 bits per heavy atom. The highest BCUT2D eigenvalue weighted by Crippen LogP contribution is 2.34. The predicted octanol–water partition coefficient (Wildman–Crippen LogP) is 4.71. The Labute approximate surface area is 171 Å². The zero-order valence-electron chi connectivity index (χ0n) is 16.2. The summed E-state index contributed by atoms with van der Waals surface area (Å²) in [5.41, 5.74) is 1.31. The summed E-state index contributed by atoms with van der Waals surface area (Å²) < 4.78 is 46.8. The van der Waals surface area contributed by atoms with Gasteiger partial charge in [0, 0.05) is 11.3 Å². The van der Waals surface area contributed by atoms with Gasteiger partial charge in [0.2, 0.25) is 0 Å². The van der Waals surface area contributed by atoms with Crippen molar-refractivity contribution < 1.29 is 22.7 Å². The van der Waals surface area contributed by atoms with Crippen molar-refractivity contribution in [2.45, 2.75) is 31.5 Å². The summed E-state index contributed by atoms with van der Waals surface area (Å²) >= 11 is 0. The van der Waals surface area contributed by atoms with Crippen LogP contribution in [0.4, 0.5) is 13.2 Å². The van der Waals surface area contributed by atoms with E-state index in [1.54, 1.807) is 18.0 Å². The number of alkyl halides is 3. The van der Waals surface area contributed by atoms with Crippen molar-refractivity contribution in [3.63, 3.8) is 0 Å². The van der Waals surface area contributed by atoms with Crippen LogP contribution in [0, 0.1) is 0 Å². The van der Waals surface area contributed by atoms with Gasteiger partial charge in [-0.15, -0.1) is 0 Å². The first-order valence-corrected chi connectivity index (χ1v) is 9.57. The number of nitrogens with one attached hydrogen (secondary N) is 1. The molecule has 1 amide bonds. The Balaban J connectivity index is 1.60. The molecule has 1 heterocycles. The maximum absolute atomic E-state index is 13.3. The average molecular weight is 415 g/mol. The minimum absolute atomic E-state index is 0.375. The Bertz CT molecular complexity index is 1060. The Morgan fingerprint density at radius 3 is 2.60 bits per heavy atom. The number of methoxy groups -OCH3 is 1. The first-order chi connectivity index (χ1) is 14.4. The van der Waals surface area contributed by atoms with E-state index in [9.17, 15) is 18.0 Å². The molecule has 0 saturated carbocycles. The summed E-state index contributed by atoms with van der Waals surface area (Å²) in [6.45, 7) is 0. The van der Waals surface area contributed by atoms with Crippen LogP contribution >= 0.6 is 0 Å². The second-order valence-electron chi connectivity index (χ2n) is 7.12. The number of benzene rings is 2. The van der Waals surface area contributed by atoms with Crippen LogP contribution in [0.1, 0.15) is 46.1 Å². The second-order valence-corrected chi connectivity index (χ2v) is 7.12. The average Bonchev–Trinajstić information content (AvgIpc) is 3.18. The quantitative estimate of drug-likeness (QED) is 0.672. The summed E-state index contributed by atoms with van der Waals surface area (Å²) in [6, 6.07) is 11.9. The highest BCUT2D eigenvalue weighted by molar-refractivity contribution is 5.96. The lowest BCUT2D eigenvalue weighted by atomic mass is 9.92. The molecule has 0 saturated heterocycles. The normalized spacial score (nSPS) is 16.1. The molecule has 1 aliphatic carbocycles. The Kier molecular flexibility index (Phi) is 5.24. The SMILES string of the molecule is COc1ccc(-n2ncc3c2CCCC3NC(=O)c2ccccc2C(F)(F)F)cc1. The predicted molar refractivity (Wildman–Crippen MR) is 105 cm³/mol. The monoisotopic (exact) mass is 415 g/mol. The topological polar surface area (TPSA) is 56.1 Å². The van der Waals surface area contributed by atoms with E-state index in [0.29, 0.717) is 6.42 Å². The summed E-state index contributed by atoms with van der Waals surface area (Å²) in [6.07, 6.45) is -0.709. The molecule has 1 atom stereocenters. The van der Waals surface area contributed by atoms with E-state index in [2.05, 4.69) is 10.4 Å². The molecule has 0 aliphatic heterocycles. The van der Waals surface area contributed by atoms with Crippen LogP contribution in [0.2, 0.25) is 0 Å². The number of nitrogens with zero attached hydrogens (tertiary/aromatic N) is 2. The Morgan fingerprint density at radius 1 is 1.17 bits per heavy atom. The third kappa shape index (κ3) is 3.77. The molecule has 0 spiro atoms. The van der Waals surface area contributed by atoms with Crippen LogP contribution in [0.25, 0.3) is 5.69 Å². The molecular formula is C22H20F3N3O2. The van der Waals surface area contributed by atoms with E-state index < -0.39 is 23.7 Å². The van der Waals surface area contributed by atoms with Crippen molar-refractivity contribution in [2.24, 2.45) is 0 Å². The third-order valence-corrected chi connectivity index (χ3v) is 5.28. The second kappa shape index (κ2) is 7.85. The minimum Gasteiger partial charge on any atom is -0.497 e. The van der Waals surface area contributed by atoms with Gasteiger partial charge in [-0.1, -0.05) is 12.1 Å². The summed E-state index contributed by atoms with van der Waals surface area (Å²) in [5.74, 6) is -0.00813. The van der Waals surface area contributed by atoms with Crippen molar-refractivity contribution >= 4 is 5.91 Å². The molecule has 4 rings (SSSR count). The maximum atomic E-state index is 13.3. The van der Waals surface area contributed by atoms with Crippen LogP contribution in [0.5, 0.6) is 5.75 Å². The molecular weight excluding hydrogens is 395 g/mol. The van der Waals surface area contributed by atoms with Gasteiger partial charge >= 0.3 is 6.18 Å². The lowest BCUT2D eigenvalue weighted by Crippen LogP contribution is -2.32. The molecule has 0 fully saturated rings. The molecule has 0 bridgehead atoms. The number of aromatic nitrogens is 2. The van der Waals surface area contributed by atoms with Crippen molar-refractivity contribution in [2.75, 3.05) is 7.11 Å². The smallest absolute Gasteiger partial charge is 0.417 e. The van der Waals surface area contributed by atoms with Crippen LogP contribution < -0.4 is 10.1 Å². The van der Waals surface area contributed by atoms with Gasteiger partial charge in [-0.25, -0.2) is 4.68 Å². The van der Waals surface area contributed by atoms with E-state index in [-0.39, 0.29) is 5.56 Å². The highest BCUT2D eigenvalue weighted by atomic mass is 19.4. The number of rotatable bonds is 4. The molecule has 156 valence electrons. The standard InChI is InChI=1S/C22H20F3N3O2/c1-30-15-11-9-14(10-12-15)28-20-8-4-7-19(17(20)13-26-28)27-21(29)16-5-2-3-6-18(16)22(23,24)25/h2-3,5-6,9-13,19H,4,7-8H2,1H3,(H,27,29). The van der Waals surface area contributed by atoms with Gasteiger partial charge in [-0.05, 0) is 55.7 Å². The molecule has 1 N–H and O–H groups in total. The summed E-state index contributed by atoms with van der Waals surface area (Å²) in [7, 11) is 1.59. The van der Waals surface area contributed by atoms with E-state index in [1.165, 1.54) is 18.2 Å². The molecule has 8 heteroatoms. The molecule has 3 aromatic rings. The Hall–Kier alpha value is -3.29. The van der Waals surface area contributed by atoms with Crippen molar-refractivity contribution in [1.82, 2.24) is 15.1 Å². The summed E-state index contributed by atoms with van der Waals surface area (Å²) in [5, 5.41) is 7.23. The number of carbonyl (C=O) groups excluding carboxylic acids is 1. The zero-order valence-corrected chi connectivity index (χ0v) is 16.2. The molecule has 5 nitrogen and oxygen atoms in total.